The molecule has 1 heterocycles. The molecule has 1 saturated heterocycles. The Bertz CT molecular complexity index is 449. The van der Waals surface area contributed by atoms with Gasteiger partial charge in [0, 0.05) is 29.1 Å². The summed E-state index contributed by atoms with van der Waals surface area (Å²) >= 11 is 3.59. The minimum absolute atomic E-state index is 0.479. The van der Waals surface area contributed by atoms with Gasteiger partial charge in [-0.2, -0.15) is 0 Å². The predicted molar refractivity (Wildman–Crippen MR) is 94.6 cm³/mol. The number of halogens is 1. The number of rotatable bonds is 5. The molecule has 0 bridgehead atoms. The summed E-state index contributed by atoms with van der Waals surface area (Å²) in [5.41, 5.74) is 1.41. The molecule has 0 spiro atoms. The second-order valence-electron chi connectivity index (χ2n) is 6.42. The lowest BCUT2D eigenvalue weighted by molar-refractivity contribution is 0.0524. The summed E-state index contributed by atoms with van der Waals surface area (Å²) in [6, 6.07) is 10.5. The van der Waals surface area contributed by atoms with Crippen molar-refractivity contribution in [1.82, 2.24) is 10.2 Å². The van der Waals surface area contributed by atoms with Crippen LogP contribution in [0.4, 0.5) is 0 Å². The van der Waals surface area contributed by atoms with Gasteiger partial charge in [-0.05, 0) is 56.8 Å². The normalized spacial score (nSPS) is 28.5. The van der Waals surface area contributed by atoms with Gasteiger partial charge in [0.05, 0.1) is 0 Å². The Hall–Kier alpha value is -0.380. The molecule has 0 saturated carbocycles. The van der Waals surface area contributed by atoms with Crippen LogP contribution in [0.15, 0.2) is 28.7 Å². The highest BCUT2D eigenvalue weighted by molar-refractivity contribution is 9.10. The number of likely N-dealkylation sites (tertiary alicyclic amines) is 1. The third-order valence-electron chi connectivity index (χ3n) is 5.10. The first-order chi connectivity index (χ1) is 10.0. The van der Waals surface area contributed by atoms with Gasteiger partial charge in [-0.1, -0.05) is 41.9 Å². The van der Waals surface area contributed by atoms with Gasteiger partial charge in [-0.3, -0.25) is 4.90 Å². The summed E-state index contributed by atoms with van der Waals surface area (Å²) in [6.45, 7) is 11.7. The van der Waals surface area contributed by atoms with Gasteiger partial charge in [0.25, 0.3) is 0 Å². The van der Waals surface area contributed by atoms with E-state index in [1.807, 2.05) is 0 Å². The van der Waals surface area contributed by atoms with Crippen LogP contribution in [0, 0.1) is 5.92 Å². The highest BCUT2D eigenvalue weighted by atomic mass is 79.9. The van der Waals surface area contributed by atoms with Crippen molar-refractivity contribution in [2.24, 2.45) is 5.92 Å². The Kier molecular flexibility index (Phi) is 6.27. The van der Waals surface area contributed by atoms with Crippen LogP contribution in [0.25, 0.3) is 0 Å². The fraction of sp³-hybridized carbons (Fsp3) is 0.667. The molecule has 0 radical (unpaired) electrons. The molecule has 0 aliphatic carbocycles. The van der Waals surface area contributed by atoms with E-state index in [4.69, 9.17) is 0 Å². The Labute approximate surface area is 138 Å². The highest BCUT2D eigenvalue weighted by Crippen LogP contribution is 2.32. The Morgan fingerprint density at radius 2 is 2.14 bits per heavy atom. The zero-order chi connectivity index (χ0) is 15.4. The van der Waals surface area contributed by atoms with Crippen LogP contribution in [-0.2, 0) is 0 Å². The molecule has 1 aromatic rings. The van der Waals surface area contributed by atoms with E-state index < -0.39 is 0 Å². The molecule has 4 atom stereocenters. The average Bonchev–Trinajstić information content (AvgIpc) is 2.48. The zero-order valence-corrected chi connectivity index (χ0v) is 15.4. The average molecular weight is 353 g/mol. The van der Waals surface area contributed by atoms with Crippen molar-refractivity contribution < 1.29 is 0 Å². The maximum absolute atomic E-state index is 3.73. The van der Waals surface area contributed by atoms with E-state index in [9.17, 15) is 0 Å². The van der Waals surface area contributed by atoms with E-state index in [1.54, 1.807) is 0 Å². The second-order valence-corrected chi connectivity index (χ2v) is 7.33. The van der Waals surface area contributed by atoms with Gasteiger partial charge in [0.15, 0.2) is 0 Å². The summed E-state index contributed by atoms with van der Waals surface area (Å²) in [7, 11) is 0. The first-order valence-electron chi connectivity index (χ1n) is 8.29. The number of piperidine rings is 1. The van der Waals surface area contributed by atoms with Crippen molar-refractivity contribution in [2.45, 2.75) is 58.7 Å². The van der Waals surface area contributed by atoms with E-state index in [0.717, 1.165) is 6.54 Å². The van der Waals surface area contributed by atoms with Crippen LogP contribution >= 0.6 is 15.9 Å². The minimum atomic E-state index is 0.479. The monoisotopic (exact) mass is 352 g/mol. The van der Waals surface area contributed by atoms with Crippen molar-refractivity contribution in [3.8, 4) is 0 Å². The SMILES string of the molecule is CCCNC1CCN(C(C)c2cccc(Br)c2)C(C)C1C. The van der Waals surface area contributed by atoms with Crippen LogP contribution in [0.5, 0.6) is 0 Å². The summed E-state index contributed by atoms with van der Waals surface area (Å²) in [5, 5.41) is 3.73. The third kappa shape index (κ3) is 4.08. The molecule has 1 fully saturated rings. The van der Waals surface area contributed by atoms with Crippen molar-refractivity contribution in [2.75, 3.05) is 13.1 Å². The predicted octanol–water partition coefficient (Wildman–Crippen LogP) is 4.61. The fourth-order valence-corrected chi connectivity index (χ4v) is 3.93. The summed E-state index contributed by atoms with van der Waals surface area (Å²) in [4.78, 5) is 2.66. The number of hydrogen-bond donors (Lipinski definition) is 1. The second kappa shape index (κ2) is 7.75. The van der Waals surface area contributed by atoms with Crippen molar-refractivity contribution in [3.05, 3.63) is 34.3 Å². The molecule has 2 rings (SSSR count). The van der Waals surface area contributed by atoms with E-state index in [1.165, 1.54) is 29.4 Å². The standard InChI is InChI=1S/C18H29BrN2/c1-5-10-20-18-9-11-21(14(3)13(18)2)15(4)16-7-6-8-17(19)12-16/h6-8,12-15,18,20H,5,9-11H2,1-4H3. The van der Waals surface area contributed by atoms with Gasteiger partial charge in [0.1, 0.15) is 0 Å². The molecule has 4 unspecified atom stereocenters. The summed E-state index contributed by atoms with van der Waals surface area (Å²) < 4.78 is 1.17. The maximum atomic E-state index is 3.73. The number of hydrogen-bond acceptors (Lipinski definition) is 2. The first kappa shape index (κ1) is 17.0. The molecule has 1 N–H and O–H groups in total. The molecule has 118 valence electrons. The van der Waals surface area contributed by atoms with Crippen LogP contribution in [0.1, 0.15) is 52.1 Å². The van der Waals surface area contributed by atoms with E-state index in [2.05, 4.69) is 78.1 Å². The van der Waals surface area contributed by atoms with E-state index in [0.29, 0.717) is 24.0 Å². The molecule has 2 nitrogen and oxygen atoms in total. The van der Waals surface area contributed by atoms with Crippen LogP contribution in [0.2, 0.25) is 0 Å². The van der Waals surface area contributed by atoms with E-state index >= 15 is 0 Å². The van der Waals surface area contributed by atoms with Crippen LogP contribution in [-0.4, -0.2) is 30.1 Å². The number of nitrogens with one attached hydrogen (secondary N) is 1. The largest absolute Gasteiger partial charge is 0.314 e. The van der Waals surface area contributed by atoms with Gasteiger partial charge >= 0.3 is 0 Å². The summed E-state index contributed by atoms with van der Waals surface area (Å²) in [6.07, 6.45) is 2.47. The van der Waals surface area contributed by atoms with Gasteiger partial charge in [-0.15, -0.1) is 0 Å². The van der Waals surface area contributed by atoms with Crippen LogP contribution in [0.3, 0.4) is 0 Å². The van der Waals surface area contributed by atoms with Crippen molar-refractivity contribution in [3.63, 3.8) is 0 Å². The Morgan fingerprint density at radius 3 is 2.81 bits per heavy atom. The lowest BCUT2D eigenvalue weighted by Gasteiger charge is -2.46. The van der Waals surface area contributed by atoms with E-state index in [-0.39, 0.29) is 0 Å². The Balaban J connectivity index is 2.04. The molecular formula is C18H29BrN2. The third-order valence-corrected chi connectivity index (χ3v) is 5.60. The minimum Gasteiger partial charge on any atom is -0.314 e. The fourth-order valence-electron chi connectivity index (χ4n) is 3.51. The topological polar surface area (TPSA) is 15.3 Å². The lowest BCUT2D eigenvalue weighted by Crippen LogP contribution is -2.54. The maximum Gasteiger partial charge on any atom is 0.0323 e. The molecule has 0 amide bonds. The lowest BCUT2D eigenvalue weighted by atomic mass is 9.85. The van der Waals surface area contributed by atoms with Gasteiger partial charge in [0.2, 0.25) is 0 Å². The van der Waals surface area contributed by atoms with Crippen LogP contribution < -0.4 is 5.32 Å². The van der Waals surface area contributed by atoms with Gasteiger partial charge in [-0.25, -0.2) is 0 Å². The molecule has 1 aliphatic heterocycles. The summed E-state index contributed by atoms with van der Waals surface area (Å²) in [5.74, 6) is 0.694. The first-order valence-corrected chi connectivity index (χ1v) is 9.08. The quantitative estimate of drug-likeness (QED) is 0.832. The molecular weight excluding hydrogens is 324 g/mol. The molecule has 0 aromatic heterocycles. The van der Waals surface area contributed by atoms with Crippen molar-refractivity contribution in [1.29, 1.82) is 0 Å². The highest BCUT2D eigenvalue weighted by Gasteiger charge is 2.34. The number of benzene rings is 1. The Morgan fingerprint density at radius 1 is 1.38 bits per heavy atom. The van der Waals surface area contributed by atoms with Crippen molar-refractivity contribution >= 4 is 15.9 Å². The zero-order valence-electron chi connectivity index (χ0n) is 13.8. The smallest absolute Gasteiger partial charge is 0.0323 e. The molecule has 1 aliphatic rings. The van der Waals surface area contributed by atoms with Gasteiger partial charge < -0.3 is 5.32 Å². The number of nitrogens with zero attached hydrogens (tertiary/aromatic N) is 1. The molecule has 3 heteroatoms. The molecule has 21 heavy (non-hydrogen) atoms. The molecule has 1 aromatic carbocycles.